The van der Waals surface area contributed by atoms with Crippen molar-refractivity contribution in [2.45, 2.75) is 0 Å². The minimum Gasteiger partial charge on any atom is -0.248 e. The normalized spacial score (nSPS) is 11.5. The summed E-state index contributed by atoms with van der Waals surface area (Å²) in [5.74, 6) is 0. The van der Waals surface area contributed by atoms with Crippen LogP contribution in [0.5, 0.6) is 0 Å². The third kappa shape index (κ3) is 6.22. The lowest BCUT2D eigenvalue weighted by Gasteiger charge is -2.17. The van der Waals surface area contributed by atoms with Gasteiger partial charge in [0.2, 0.25) is 0 Å². The molecule has 1 aromatic heterocycles. The van der Waals surface area contributed by atoms with Gasteiger partial charge in [-0.15, -0.1) is 0 Å². The van der Waals surface area contributed by atoms with E-state index < -0.39 is 0 Å². The molecule has 0 aliphatic rings. The van der Waals surface area contributed by atoms with Gasteiger partial charge >= 0.3 is 0 Å². The van der Waals surface area contributed by atoms with Crippen LogP contribution in [0, 0.1) is 0 Å². The SMILES string of the molecule is c1ccc(-c2ccc(-c3cc(-c4ccccc4)nc(-c4cc(-c5ccc6c7ccccc7c7ccccc7c6c5)cc(-c5cc6ccccc6c6ccccc56)c4)c3)cc2)cc1. The Hall–Kier alpha value is -8.13. The Labute approximate surface area is 360 Å². The molecule has 62 heavy (non-hydrogen) atoms. The Morgan fingerprint density at radius 2 is 0.597 bits per heavy atom. The minimum atomic E-state index is 0.930. The van der Waals surface area contributed by atoms with Crippen LogP contribution in [-0.2, 0) is 0 Å². The molecule has 288 valence electrons. The van der Waals surface area contributed by atoms with E-state index in [9.17, 15) is 0 Å². The highest BCUT2D eigenvalue weighted by Gasteiger charge is 2.17. The number of rotatable bonds is 6. The molecule has 0 saturated carbocycles. The highest BCUT2D eigenvalue weighted by Crippen LogP contribution is 2.42. The van der Waals surface area contributed by atoms with Gasteiger partial charge in [0.25, 0.3) is 0 Å². The molecular weight excluding hydrogens is 747 g/mol. The molecule has 12 rings (SSSR count). The summed E-state index contributed by atoms with van der Waals surface area (Å²) in [6.07, 6.45) is 0. The topological polar surface area (TPSA) is 12.9 Å². The fourth-order valence-corrected chi connectivity index (χ4v) is 9.57. The monoisotopic (exact) mass is 785 g/mol. The molecule has 0 atom stereocenters. The Morgan fingerprint density at radius 1 is 0.194 bits per heavy atom. The van der Waals surface area contributed by atoms with E-state index in [1.807, 2.05) is 0 Å². The molecule has 12 aromatic rings. The lowest BCUT2D eigenvalue weighted by Crippen LogP contribution is -1.93. The number of hydrogen-bond acceptors (Lipinski definition) is 1. The van der Waals surface area contributed by atoms with Crippen molar-refractivity contribution in [2.75, 3.05) is 0 Å². The molecule has 1 heterocycles. The molecule has 11 aromatic carbocycles. The average molecular weight is 786 g/mol. The van der Waals surface area contributed by atoms with E-state index in [0.717, 1.165) is 44.8 Å². The molecule has 0 saturated heterocycles. The smallest absolute Gasteiger partial charge is 0.0716 e. The number of fused-ring (bicyclic) bond motifs is 9. The van der Waals surface area contributed by atoms with E-state index in [-0.39, 0.29) is 0 Å². The summed E-state index contributed by atoms with van der Waals surface area (Å²) in [5.41, 5.74) is 13.4. The summed E-state index contributed by atoms with van der Waals surface area (Å²) in [7, 11) is 0. The summed E-state index contributed by atoms with van der Waals surface area (Å²) in [6, 6.07) is 86.2. The number of hydrogen-bond donors (Lipinski definition) is 0. The summed E-state index contributed by atoms with van der Waals surface area (Å²) in [6.45, 7) is 0. The first kappa shape index (κ1) is 35.8. The number of aromatic nitrogens is 1. The predicted octanol–water partition coefficient (Wildman–Crippen LogP) is 16.8. The quantitative estimate of drug-likeness (QED) is 0.153. The average Bonchev–Trinajstić information content (AvgIpc) is 3.36. The second-order valence-corrected chi connectivity index (χ2v) is 16.3. The van der Waals surface area contributed by atoms with Gasteiger partial charge in [-0.05, 0) is 141 Å². The molecule has 0 aliphatic carbocycles. The summed E-state index contributed by atoms with van der Waals surface area (Å²) < 4.78 is 0. The summed E-state index contributed by atoms with van der Waals surface area (Å²) in [4.78, 5) is 5.47. The maximum absolute atomic E-state index is 5.47. The number of pyridine rings is 1. The van der Waals surface area contributed by atoms with Gasteiger partial charge in [0.15, 0.2) is 0 Å². The third-order valence-corrected chi connectivity index (χ3v) is 12.6. The van der Waals surface area contributed by atoms with Crippen molar-refractivity contribution in [3.63, 3.8) is 0 Å². The lowest BCUT2D eigenvalue weighted by molar-refractivity contribution is 1.32. The maximum Gasteiger partial charge on any atom is 0.0716 e. The van der Waals surface area contributed by atoms with Crippen molar-refractivity contribution >= 4 is 53.9 Å². The zero-order valence-corrected chi connectivity index (χ0v) is 34.0. The molecule has 0 amide bonds. The third-order valence-electron chi connectivity index (χ3n) is 12.6. The second kappa shape index (κ2) is 14.9. The van der Waals surface area contributed by atoms with Gasteiger partial charge in [0, 0.05) is 11.1 Å². The maximum atomic E-state index is 5.47. The number of nitrogens with zero attached hydrogens (tertiary/aromatic N) is 1. The zero-order chi connectivity index (χ0) is 41.0. The highest BCUT2D eigenvalue weighted by atomic mass is 14.7. The Morgan fingerprint density at radius 3 is 1.24 bits per heavy atom. The van der Waals surface area contributed by atoms with Crippen LogP contribution in [0.3, 0.4) is 0 Å². The van der Waals surface area contributed by atoms with E-state index in [1.54, 1.807) is 0 Å². The summed E-state index contributed by atoms with van der Waals surface area (Å²) >= 11 is 0. The molecule has 0 fully saturated rings. The molecular formula is C61H39N. The molecule has 0 unspecified atom stereocenters. The standard InChI is InChI=1S/C61H39N/c1-3-15-40(16-4-1)41-27-29-42(30-28-41)47-38-60(43-17-5-2-6-18-43)62-61(39-47)49-34-46(33-48(35-49)58-37-45-19-7-8-20-50(45)51-21-9-13-25-55(51)58)44-31-32-57-54-24-11-10-22-52(54)53-23-12-14-26-56(53)59(57)36-44/h1-39H. The Balaban J connectivity index is 1.11. The van der Waals surface area contributed by atoms with E-state index >= 15 is 0 Å². The summed E-state index contributed by atoms with van der Waals surface area (Å²) in [5, 5.41) is 12.6. The first-order valence-corrected chi connectivity index (χ1v) is 21.4. The second-order valence-electron chi connectivity index (χ2n) is 16.3. The van der Waals surface area contributed by atoms with Crippen molar-refractivity contribution in [2.24, 2.45) is 0 Å². The molecule has 0 spiro atoms. The van der Waals surface area contributed by atoms with Crippen LogP contribution in [0.15, 0.2) is 237 Å². The highest BCUT2D eigenvalue weighted by molar-refractivity contribution is 6.26. The van der Waals surface area contributed by atoms with Gasteiger partial charge in [-0.1, -0.05) is 194 Å². The van der Waals surface area contributed by atoms with Crippen molar-refractivity contribution in [3.05, 3.63) is 237 Å². The van der Waals surface area contributed by atoms with Gasteiger partial charge < -0.3 is 0 Å². The van der Waals surface area contributed by atoms with Crippen molar-refractivity contribution in [1.82, 2.24) is 4.98 Å². The van der Waals surface area contributed by atoms with Gasteiger partial charge in [0.1, 0.15) is 0 Å². The van der Waals surface area contributed by atoms with Crippen molar-refractivity contribution < 1.29 is 0 Å². The predicted molar refractivity (Wildman–Crippen MR) is 264 cm³/mol. The van der Waals surface area contributed by atoms with Gasteiger partial charge in [-0.3, -0.25) is 0 Å². The molecule has 1 nitrogen and oxygen atoms in total. The fraction of sp³-hybridized carbons (Fsp3) is 0. The largest absolute Gasteiger partial charge is 0.248 e. The minimum absolute atomic E-state index is 0.930. The first-order valence-electron chi connectivity index (χ1n) is 21.4. The molecule has 0 bridgehead atoms. The van der Waals surface area contributed by atoms with Crippen LogP contribution < -0.4 is 0 Å². The molecule has 0 N–H and O–H groups in total. The van der Waals surface area contributed by atoms with E-state index in [0.29, 0.717) is 0 Å². The molecule has 0 aliphatic heterocycles. The Bertz CT molecular complexity index is 3630. The van der Waals surface area contributed by atoms with E-state index in [2.05, 4.69) is 237 Å². The van der Waals surface area contributed by atoms with Crippen LogP contribution in [0.2, 0.25) is 0 Å². The first-order chi connectivity index (χ1) is 30.7. The van der Waals surface area contributed by atoms with E-state index in [4.69, 9.17) is 4.98 Å². The van der Waals surface area contributed by atoms with Crippen molar-refractivity contribution in [1.29, 1.82) is 0 Å². The van der Waals surface area contributed by atoms with Crippen LogP contribution in [0.1, 0.15) is 0 Å². The van der Waals surface area contributed by atoms with Crippen LogP contribution in [0.4, 0.5) is 0 Å². The fourth-order valence-electron chi connectivity index (χ4n) is 9.57. The van der Waals surface area contributed by atoms with Gasteiger partial charge in [-0.25, -0.2) is 4.98 Å². The number of benzene rings is 11. The Kier molecular flexibility index (Phi) is 8.57. The van der Waals surface area contributed by atoms with Crippen LogP contribution in [0.25, 0.3) is 121 Å². The van der Waals surface area contributed by atoms with Crippen molar-refractivity contribution in [3.8, 4) is 67.0 Å². The molecule has 0 radical (unpaired) electrons. The van der Waals surface area contributed by atoms with Gasteiger partial charge in [-0.2, -0.15) is 0 Å². The van der Waals surface area contributed by atoms with E-state index in [1.165, 1.54) is 76.1 Å². The van der Waals surface area contributed by atoms with Gasteiger partial charge in [0.05, 0.1) is 11.4 Å². The zero-order valence-electron chi connectivity index (χ0n) is 34.0. The molecule has 1 heteroatoms. The lowest BCUT2D eigenvalue weighted by atomic mass is 9.88. The van der Waals surface area contributed by atoms with Crippen LogP contribution in [-0.4, -0.2) is 4.98 Å². The van der Waals surface area contributed by atoms with Crippen LogP contribution >= 0.6 is 0 Å².